The van der Waals surface area contributed by atoms with E-state index in [9.17, 15) is 20.1 Å². The van der Waals surface area contributed by atoms with Crippen LogP contribution in [0.4, 0.5) is 4.79 Å². The van der Waals surface area contributed by atoms with Crippen LogP contribution in [0.3, 0.4) is 0 Å². The lowest BCUT2D eigenvalue weighted by atomic mass is 9.55. The molecular formula is C47H66N2O10S. The first kappa shape index (κ1) is 47.2. The molecule has 1 aliphatic heterocycles. The van der Waals surface area contributed by atoms with E-state index in [-0.39, 0.29) is 77.0 Å². The average Bonchev–Trinajstić information content (AvgIpc) is 3.23. The standard InChI is InChI=1S/C47H66N2O10S/c1-7-9-27-55-45(53)49(22-28-54-29-25-52)42-32-40(48-59-46(3,4)5)38-30-33(14-10-12-23-50)37(15-11-13-24-51)43-39-31-35(57-34-16-19-36(60-6)20-17-34)18-21-41(39)58-47(42,44(38)43)56-26-8-2/h7-8,16-21,30-31,33,37,42-44,50-52H,1-2,9-15,22-29,32H2,3-6H3/t33-,37+,42-,43+,44+,47+/m0/s1. The summed E-state index contributed by atoms with van der Waals surface area (Å²) in [4.78, 5) is 23.3. The van der Waals surface area contributed by atoms with E-state index in [1.54, 1.807) is 28.8 Å². The number of fused-ring (bicyclic) bond motifs is 2. The van der Waals surface area contributed by atoms with Crippen LogP contribution in [0, 0.1) is 17.8 Å². The SMILES string of the molecule is C=CCCOC(=O)N(CCOCCO)[C@H]1CC(=NOC(C)(C)C)C2=C[C@H](CCCCO)[C@@H](CCCCO)[C@@H]3c4cc(Oc5ccc(SC)cc5)ccc4O[C@@]1(OCC=C)[C@H]23. The van der Waals surface area contributed by atoms with Gasteiger partial charge in [0.05, 0.1) is 44.7 Å². The predicted molar refractivity (Wildman–Crippen MR) is 235 cm³/mol. The van der Waals surface area contributed by atoms with Gasteiger partial charge in [0.15, 0.2) is 0 Å². The molecule has 3 N–H and O–H groups in total. The minimum absolute atomic E-state index is 0.0406. The average molecular weight is 851 g/mol. The van der Waals surface area contributed by atoms with Crippen LogP contribution in [-0.2, 0) is 19.0 Å². The van der Waals surface area contributed by atoms with Gasteiger partial charge in [-0.15, -0.1) is 24.9 Å². The van der Waals surface area contributed by atoms with Crippen molar-refractivity contribution in [2.45, 2.75) is 100 Å². The maximum absolute atomic E-state index is 14.4. The summed E-state index contributed by atoms with van der Waals surface area (Å²) in [6.07, 6.45) is 12.4. The summed E-state index contributed by atoms with van der Waals surface area (Å²) < 4.78 is 32.5. The van der Waals surface area contributed by atoms with Crippen molar-refractivity contribution in [2.75, 3.05) is 59.0 Å². The van der Waals surface area contributed by atoms with E-state index in [2.05, 4.69) is 25.3 Å². The Morgan fingerprint density at radius 1 is 0.967 bits per heavy atom. The topological polar surface area (TPSA) is 149 Å². The molecule has 0 saturated heterocycles. The van der Waals surface area contributed by atoms with Crippen molar-refractivity contribution in [3.63, 3.8) is 0 Å². The van der Waals surface area contributed by atoms with Crippen molar-refractivity contribution >= 4 is 23.6 Å². The highest BCUT2D eigenvalue weighted by Gasteiger charge is 2.65. The second-order valence-electron chi connectivity index (χ2n) is 16.5. The molecule has 1 saturated carbocycles. The third-order valence-corrected chi connectivity index (χ3v) is 12.0. The largest absolute Gasteiger partial charge is 0.459 e. The number of hydrogen-bond acceptors (Lipinski definition) is 12. The summed E-state index contributed by atoms with van der Waals surface area (Å²) in [5, 5.41) is 34.3. The molecule has 0 aromatic heterocycles. The van der Waals surface area contributed by atoms with Crippen LogP contribution in [0.5, 0.6) is 17.2 Å². The highest BCUT2D eigenvalue weighted by Crippen LogP contribution is 2.62. The van der Waals surface area contributed by atoms with Crippen LogP contribution >= 0.6 is 11.8 Å². The lowest BCUT2D eigenvalue weighted by Gasteiger charge is -2.59. The number of aliphatic hydroxyl groups excluding tert-OH is 3. The van der Waals surface area contributed by atoms with E-state index in [1.807, 2.05) is 63.4 Å². The number of benzene rings is 2. The Labute approximate surface area is 360 Å². The van der Waals surface area contributed by atoms with Crippen molar-refractivity contribution in [1.29, 1.82) is 0 Å². The number of thioether (sulfide) groups is 1. The Hall–Kier alpha value is -3.85. The van der Waals surface area contributed by atoms with Crippen molar-refractivity contribution in [3.05, 3.63) is 85.0 Å². The maximum Gasteiger partial charge on any atom is 0.410 e. The van der Waals surface area contributed by atoms with E-state index >= 15 is 0 Å². The van der Waals surface area contributed by atoms with Crippen LogP contribution < -0.4 is 9.47 Å². The van der Waals surface area contributed by atoms with Crippen molar-refractivity contribution < 1.29 is 48.6 Å². The maximum atomic E-state index is 14.4. The summed E-state index contributed by atoms with van der Waals surface area (Å²) >= 11 is 1.67. The number of aliphatic hydroxyl groups is 3. The van der Waals surface area contributed by atoms with Gasteiger partial charge in [0.25, 0.3) is 0 Å². The van der Waals surface area contributed by atoms with E-state index in [1.165, 1.54) is 0 Å². The summed E-state index contributed by atoms with van der Waals surface area (Å²) in [6, 6.07) is 13.1. The summed E-state index contributed by atoms with van der Waals surface area (Å²) in [6.45, 7) is 14.3. The Morgan fingerprint density at radius 2 is 1.70 bits per heavy atom. The summed E-state index contributed by atoms with van der Waals surface area (Å²) in [5.74, 6) is -0.112. The molecule has 6 atom stereocenters. The highest BCUT2D eigenvalue weighted by atomic mass is 32.2. The van der Waals surface area contributed by atoms with E-state index in [4.69, 9.17) is 33.7 Å². The van der Waals surface area contributed by atoms with Crippen LogP contribution in [0.25, 0.3) is 0 Å². The van der Waals surface area contributed by atoms with Gasteiger partial charge in [-0.2, -0.15) is 0 Å². The second kappa shape index (κ2) is 22.8. The number of unbranched alkanes of at least 4 members (excludes halogenated alkanes) is 2. The van der Waals surface area contributed by atoms with Crippen LogP contribution in [0.15, 0.2) is 89.5 Å². The lowest BCUT2D eigenvalue weighted by molar-refractivity contribution is -0.256. The number of hydrogen-bond donors (Lipinski definition) is 3. The minimum Gasteiger partial charge on any atom is -0.459 e. The molecule has 1 amide bonds. The van der Waals surface area contributed by atoms with Crippen molar-refractivity contribution in [1.82, 2.24) is 4.90 Å². The number of allylic oxidation sites excluding steroid dienone is 1. The third kappa shape index (κ3) is 11.7. The van der Waals surface area contributed by atoms with Gasteiger partial charge < -0.3 is 43.8 Å². The molecule has 0 radical (unpaired) electrons. The molecule has 2 aromatic rings. The zero-order chi connectivity index (χ0) is 43.1. The second-order valence-corrected chi connectivity index (χ2v) is 17.4. The van der Waals surface area contributed by atoms with Crippen LogP contribution in [0.1, 0.15) is 83.6 Å². The molecular weight excluding hydrogens is 785 g/mol. The number of ether oxygens (including phenoxy) is 5. The first-order valence-electron chi connectivity index (χ1n) is 21.4. The third-order valence-electron chi connectivity index (χ3n) is 11.2. The van der Waals surface area contributed by atoms with Gasteiger partial charge in [0.1, 0.15) is 28.9 Å². The number of nitrogens with zero attached hydrogens (tertiary/aromatic N) is 2. The van der Waals surface area contributed by atoms with Gasteiger partial charge in [-0.3, -0.25) is 4.90 Å². The van der Waals surface area contributed by atoms with Crippen molar-refractivity contribution in [2.24, 2.45) is 22.9 Å². The smallest absolute Gasteiger partial charge is 0.410 e. The first-order valence-corrected chi connectivity index (χ1v) is 22.6. The molecule has 1 heterocycles. The van der Waals surface area contributed by atoms with E-state index in [0.717, 1.165) is 41.7 Å². The number of carbonyl (C=O) groups is 1. The molecule has 2 aromatic carbocycles. The fourth-order valence-corrected chi connectivity index (χ4v) is 9.11. The molecule has 0 spiro atoms. The Bertz CT molecular complexity index is 1760. The Morgan fingerprint density at radius 3 is 2.37 bits per heavy atom. The van der Waals surface area contributed by atoms with Gasteiger partial charge in [0, 0.05) is 42.6 Å². The molecule has 0 bridgehead atoms. The van der Waals surface area contributed by atoms with Gasteiger partial charge in [-0.25, -0.2) is 4.79 Å². The molecule has 13 heteroatoms. The lowest BCUT2D eigenvalue weighted by Crippen LogP contribution is -2.70. The fraction of sp³-hybridized carbons (Fsp3) is 0.574. The van der Waals surface area contributed by atoms with Gasteiger partial charge in [-0.1, -0.05) is 36.2 Å². The zero-order valence-corrected chi connectivity index (χ0v) is 36.7. The molecule has 0 unspecified atom stereocenters. The quantitative estimate of drug-likeness (QED) is 0.0403. The number of oxime groups is 1. The molecule has 1 fully saturated rings. The molecule has 12 nitrogen and oxygen atoms in total. The van der Waals surface area contributed by atoms with Gasteiger partial charge >= 0.3 is 6.09 Å². The van der Waals surface area contributed by atoms with Crippen LogP contribution in [0.2, 0.25) is 0 Å². The van der Waals surface area contributed by atoms with E-state index < -0.39 is 29.4 Å². The monoisotopic (exact) mass is 850 g/mol. The Kier molecular flexibility index (Phi) is 18.0. The highest BCUT2D eigenvalue weighted by molar-refractivity contribution is 7.98. The predicted octanol–water partition coefficient (Wildman–Crippen LogP) is 8.66. The fourth-order valence-electron chi connectivity index (χ4n) is 8.70. The van der Waals surface area contributed by atoms with Gasteiger partial charge in [-0.05, 0) is 119 Å². The minimum atomic E-state index is -1.46. The van der Waals surface area contributed by atoms with Gasteiger partial charge in [0.2, 0.25) is 5.79 Å². The summed E-state index contributed by atoms with van der Waals surface area (Å²) in [5.41, 5.74) is 1.94. The summed E-state index contributed by atoms with van der Waals surface area (Å²) in [7, 11) is 0. The molecule has 330 valence electrons. The number of rotatable bonds is 24. The normalized spacial score (nSPS) is 23.8. The molecule has 2 aliphatic carbocycles. The first-order chi connectivity index (χ1) is 29.0. The molecule has 3 aliphatic rings. The Balaban J connectivity index is 1.77. The molecule has 60 heavy (non-hydrogen) atoms. The number of amides is 1. The number of carbonyl (C=O) groups excluding carboxylic acids is 1. The zero-order valence-electron chi connectivity index (χ0n) is 35.9. The molecule has 5 rings (SSSR count). The van der Waals surface area contributed by atoms with E-state index in [0.29, 0.717) is 42.2 Å². The van der Waals surface area contributed by atoms with Crippen molar-refractivity contribution in [3.8, 4) is 17.2 Å². The van der Waals surface area contributed by atoms with Crippen LogP contribution in [-0.4, -0.2) is 109 Å².